The van der Waals surface area contributed by atoms with Crippen LogP contribution in [0.1, 0.15) is 12.0 Å². The van der Waals surface area contributed by atoms with Crippen molar-refractivity contribution in [2.75, 3.05) is 32.6 Å². The average molecular weight is 325 g/mol. The minimum absolute atomic E-state index is 0.0156. The first-order valence-electron chi connectivity index (χ1n) is 7.35. The van der Waals surface area contributed by atoms with E-state index in [1.54, 1.807) is 16.8 Å². The molecule has 0 radical (unpaired) electrons. The first-order chi connectivity index (χ1) is 10.6. The van der Waals surface area contributed by atoms with Crippen molar-refractivity contribution in [3.8, 4) is 0 Å². The SMILES string of the molecule is CN(C[C@@H]1CCN(C(=O)CCl)C1)C(=O)OCc1ccccc1. The molecule has 120 valence electrons. The summed E-state index contributed by atoms with van der Waals surface area (Å²) in [6.07, 6.45) is 0.546. The summed E-state index contributed by atoms with van der Waals surface area (Å²) in [7, 11) is 1.72. The van der Waals surface area contributed by atoms with E-state index in [1.807, 2.05) is 30.3 Å². The van der Waals surface area contributed by atoms with Crippen molar-refractivity contribution in [2.45, 2.75) is 13.0 Å². The second-order valence-corrected chi connectivity index (χ2v) is 5.82. The Kier molecular flexibility index (Phi) is 6.07. The van der Waals surface area contributed by atoms with Crippen molar-refractivity contribution >= 4 is 23.6 Å². The minimum Gasteiger partial charge on any atom is -0.445 e. The Morgan fingerprint density at radius 3 is 2.77 bits per heavy atom. The predicted octanol–water partition coefficient (Wildman–Crippen LogP) is 2.34. The van der Waals surface area contributed by atoms with Crippen LogP contribution in [0, 0.1) is 5.92 Å². The molecule has 22 heavy (non-hydrogen) atoms. The summed E-state index contributed by atoms with van der Waals surface area (Å²) in [5.41, 5.74) is 0.962. The number of nitrogens with zero attached hydrogens (tertiary/aromatic N) is 2. The third-order valence-corrected chi connectivity index (χ3v) is 4.03. The van der Waals surface area contributed by atoms with Gasteiger partial charge in [0.2, 0.25) is 5.91 Å². The van der Waals surface area contributed by atoms with E-state index in [9.17, 15) is 9.59 Å². The normalized spacial score (nSPS) is 17.4. The maximum absolute atomic E-state index is 12.0. The van der Waals surface area contributed by atoms with Gasteiger partial charge in [-0.3, -0.25) is 4.79 Å². The molecule has 1 saturated heterocycles. The second-order valence-electron chi connectivity index (χ2n) is 5.55. The molecular formula is C16H21ClN2O3. The largest absolute Gasteiger partial charge is 0.445 e. The van der Waals surface area contributed by atoms with Gasteiger partial charge in [-0.05, 0) is 17.9 Å². The van der Waals surface area contributed by atoms with E-state index in [4.69, 9.17) is 16.3 Å². The summed E-state index contributed by atoms with van der Waals surface area (Å²) in [5.74, 6) is 0.252. The van der Waals surface area contributed by atoms with Gasteiger partial charge in [0, 0.05) is 26.7 Å². The highest BCUT2D eigenvalue weighted by atomic mass is 35.5. The molecule has 2 rings (SSSR count). The fraction of sp³-hybridized carbons (Fsp3) is 0.500. The van der Waals surface area contributed by atoms with E-state index in [0.29, 0.717) is 19.6 Å². The molecule has 0 saturated carbocycles. The number of alkyl halides is 1. The number of rotatable bonds is 5. The van der Waals surface area contributed by atoms with Crippen molar-refractivity contribution in [3.05, 3.63) is 35.9 Å². The van der Waals surface area contributed by atoms with E-state index >= 15 is 0 Å². The minimum atomic E-state index is -0.342. The molecule has 1 aliphatic heterocycles. The van der Waals surface area contributed by atoms with E-state index < -0.39 is 0 Å². The molecule has 0 unspecified atom stereocenters. The number of amides is 2. The summed E-state index contributed by atoms with van der Waals surface area (Å²) >= 11 is 5.56. The number of carbonyl (C=O) groups excluding carboxylic acids is 2. The molecule has 0 N–H and O–H groups in total. The zero-order valence-corrected chi connectivity index (χ0v) is 13.5. The molecule has 1 fully saturated rings. The Morgan fingerprint density at radius 2 is 2.09 bits per heavy atom. The molecule has 1 heterocycles. The van der Waals surface area contributed by atoms with Gasteiger partial charge in [-0.1, -0.05) is 30.3 Å². The van der Waals surface area contributed by atoms with Crippen LogP contribution >= 0.6 is 11.6 Å². The number of ether oxygens (including phenoxy) is 1. The smallest absolute Gasteiger partial charge is 0.409 e. The summed E-state index contributed by atoms with van der Waals surface area (Å²) in [6.45, 7) is 2.22. The highest BCUT2D eigenvalue weighted by Gasteiger charge is 2.27. The topological polar surface area (TPSA) is 49.9 Å². The van der Waals surface area contributed by atoms with Crippen molar-refractivity contribution in [1.29, 1.82) is 0 Å². The average Bonchev–Trinajstić information content (AvgIpc) is 3.01. The van der Waals surface area contributed by atoms with Gasteiger partial charge in [0.25, 0.3) is 0 Å². The number of likely N-dealkylation sites (tertiary alicyclic amines) is 1. The lowest BCUT2D eigenvalue weighted by molar-refractivity contribution is -0.127. The van der Waals surface area contributed by atoms with Crippen LogP contribution in [0.4, 0.5) is 4.79 Å². The molecule has 5 nitrogen and oxygen atoms in total. The standard InChI is InChI=1S/C16H21ClN2O3/c1-18(10-14-7-8-19(11-14)15(20)9-17)16(21)22-12-13-5-3-2-4-6-13/h2-6,14H,7-12H2,1H3/t14-/m0/s1. The molecular weight excluding hydrogens is 304 g/mol. The Hall–Kier alpha value is -1.75. The molecule has 1 aromatic rings. The predicted molar refractivity (Wildman–Crippen MR) is 84.7 cm³/mol. The number of hydrogen-bond donors (Lipinski definition) is 0. The molecule has 0 spiro atoms. The van der Waals surface area contributed by atoms with Gasteiger partial charge >= 0.3 is 6.09 Å². The fourth-order valence-electron chi connectivity index (χ4n) is 2.58. The van der Waals surface area contributed by atoms with Crippen LogP contribution in [0.5, 0.6) is 0 Å². The zero-order valence-electron chi connectivity index (χ0n) is 12.7. The zero-order chi connectivity index (χ0) is 15.9. The monoisotopic (exact) mass is 324 g/mol. The molecule has 2 amide bonds. The highest BCUT2D eigenvalue weighted by Crippen LogP contribution is 2.18. The van der Waals surface area contributed by atoms with Gasteiger partial charge in [-0.15, -0.1) is 11.6 Å². The van der Waals surface area contributed by atoms with Crippen molar-refractivity contribution < 1.29 is 14.3 Å². The van der Waals surface area contributed by atoms with Gasteiger partial charge < -0.3 is 14.5 Å². The van der Waals surface area contributed by atoms with Crippen LogP contribution < -0.4 is 0 Å². The summed E-state index contributed by atoms with van der Waals surface area (Å²) < 4.78 is 5.28. The first-order valence-corrected chi connectivity index (χ1v) is 7.89. The maximum Gasteiger partial charge on any atom is 0.409 e. The Bertz CT molecular complexity index is 509. The molecule has 0 bridgehead atoms. The molecule has 6 heteroatoms. The first kappa shape index (κ1) is 16.6. The number of benzene rings is 1. The quantitative estimate of drug-likeness (QED) is 0.781. The Balaban J connectivity index is 1.74. The van der Waals surface area contributed by atoms with Crippen LogP contribution in [0.25, 0.3) is 0 Å². The second kappa shape index (κ2) is 8.03. The molecule has 1 aromatic carbocycles. The van der Waals surface area contributed by atoms with Crippen LogP contribution in [-0.4, -0.2) is 54.4 Å². The van der Waals surface area contributed by atoms with Crippen LogP contribution in [-0.2, 0) is 16.1 Å². The van der Waals surface area contributed by atoms with Gasteiger partial charge in [0.15, 0.2) is 0 Å². The molecule has 1 atom stereocenters. The van der Waals surface area contributed by atoms with E-state index in [2.05, 4.69) is 0 Å². The molecule has 0 aliphatic carbocycles. The molecule has 1 aliphatic rings. The Morgan fingerprint density at radius 1 is 1.36 bits per heavy atom. The molecule has 0 aromatic heterocycles. The van der Waals surface area contributed by atoms with Gasteiger partial charge in [-0.2, -0.15) is 0 Å². The van der Waals surface area contributed by atoms with Crippen LogP contribution in [0.2, 0.25) is 0 Å². The van der Waals surface area contributed by atoms with Gasteiger partial charge in [-0.25, -0.2) is 4.79 Å². The maximum atomic E-state index is 12.0. The number of carbonyl (C=O) groups is 2. The highest BCUT2D eigenvalue weighted by molar-refractivity contribution is 6.27. The van der Waals surface area contributed by atoms with E-state index in [-0.39, 0.29) is 30.4 Å². The third kappa shape index (κ3) is 4.63. The number of hydrogen-bond acceptors (Lipinski definition) is 3. The van der Waals surface area contributed by atoms with E-state index in [0.717, 1.165) is 12.0 Å². The number of halogens is 1. The third-order valence-electron chi connectivity index (χ3n) is 3.80. The Labute approximate surface area is 135 Å². The van der Waals surface area contributed by atoms with Crippen molar-refractivity contribution in [1.82, 2.24) is 9.80 Å². The summed E-state index contributed by atoms with van der Waals surface area (Å²) in [4.78, 5) is 26.8. The fourth-order valence-corrected chi connectivity index (χ4v) is 2.75. The summed E-state index contributed by atoms with van der Waals surface area (Å²) in [5, 5.41) is 0. The van der Waals surface area contributed by atoms with Crippen molar-refractivity contribution in [3.63, 3.8) is 0 Å². The van der Waals surface area contributed by atoms with Crippen LogP contribution in [0.15, 0.2) is 30.3 Å². The van der Waals surface area contributed by atoms with Crippen LogP contribution in [0.3, 0.4) is 0 Å². The lowest BCUT2D eigenvalue weighted by Crippen LogP contribution is -2.35. The van der Waals surface area contributed by atoms with Gasteiger partial charge in [0.1, 0.15) is 12.5 Å². The lowest BCUT2D eigenvalue weighted by Gasteiger charge is -2.21. The lowest BCUT2D eigenvalue weighted by atomic mass is 10.1. The summed E-state index contributed by atoms with van der Waals surface area (Å²) in [6, 6.07) is 9.58. The van der Waals surface area contributed by atoms with Gasteiger partial charge in [0.05, 0.1) is 0 Å². The van der Waals surface area contributed by atoms with E-state index in [1.165, 1.54) is 0 Å². The van der Waals surface area contributed by atoms with Crippen molar-refractivity contribution in [2.24, 2.45) is 5.92 Å².